The van der Waals surface area contributed by atoms with Gasteiger partial charge in [-0.15, -0.1) is 0 Å². The quantitative estimate of drug-likeness (QED) is 0.644. The number of carbonyl (C=O) groups is 2. The summed E-state index contributed by atoms with van der Waals surface area (Å²) in [5.41, 5.74) is 0.322. The predicted octanol–water partition coefficient (Wildman–Crippen LogP) is 3.54. The van der Waals surface area contributed by atoms with Gasteiger partial charge in [0.05, 0.1) is 5.60 Å². The molecule has 9 atom stereocenters. The predicted molar refractivity (Wildman–Crippen MR) is 117 cm³/mol. The van der Waals surface area contributed by atoms with Gasteiger partial charge in [0, 0.05) is 11.5 Å². The van der Waals surface area contributed by atoms with Gasteiger partial charge in [0.2, 0.25) is 0 Å². The summed E-state index contributed by atoms with van der Waals surface area (Å²) in [5.74, 6) is 0.702. The molecule has 0 aromatic rings. The third-order valence-corrected chi connectivity index (χ3v) is 10.6. The number of fused-ring (bicyclic) bond motifs is 5. The second-order valence-corrected chi connectivity index (χ2v) is 11.8. The Morgan fingerprint density at radius 3 is 2.59 bits per heavy atom. The number of esters is 2. The van der Waals surface area contributed by atoms with E-state index in [0.717, 1.165) is 63.4 Å². The van der Waals surface area contributed by atoms with Crippen molar-refractivity contribution in [3.05, 3.63) is 11.6 Å². The van der Waals surface area contributed by atoms with Crippen molar-refractivity contribution in [2.24, 2.45) is 34.5 Å². The highest BCUT2D eigenvalue weighted by Crippen LogP contribution is 2.70. The van der Waals surface area contributed by atoms with Crippen LogP contribution in [0.5, 0.6) is 0 Å². The number of aliphatic hydroxyl groups excluding tert-OH is 1. The number of hydrogen-bond donors (Lipinski definition) is 2. The van der Waals surface area contributed by atoms with E-state index in [0.29, 0.717) is 18.4 Å². The van der Waals surface area contributed by atoms with Gasteiger partial charge in [-0.05, 0) is 99.4 Å². The van der Waals surface area contributed by atoms with Gasteiger partial charge in [-0.2, -0.15) is 0 Å². The van der Waals surface area contributed by atoms with Crippen LogP contribution >= 0.6 is 0 Å². The Bertz CT molecular complexity index is 834. The Morgan fingerprint density at radius 1 is 1.12 bits per heavy atom. The molecule has 1 heterocycles. The minimum absolute atomic E-state index is 0.105. The molecular weight excluding hydrogens is 408 g/mol. The number of rotatable bonds is 3. The van der Waals surface area contributed by atoms with Crippen molar-refractivity contribution in [1.82, 2.24) is 0 Å². The van der Waals surface area contributed by atoms with E-state index in [1.807, 2.05) is 0 Å². The fraction of sp³-hybridized carbons (Fsp3) is 0.846. The summed E-state index contributed by atoms with van der Waals surface area (Å²) in [6.07, 6.45) is 9.05. The molecule has 6 nitrogen and oxygen atoms in total. The molecule has 0 amide bonds. The lowest BCUT2D eigenvalue weighted by atomic mass is 9.43. The Labute approximate surface area is 190 Å². The molecule has 4 aliphatic carbocycles. The Balaban J connectivity index is 1.35. The molecule has 2 N–H and O–H groups in total. The van der Waals surface area contributed by atoms with Gasteiger partial charge in [0.15, 0.2) is 0 Å². The molecule has 0 aromatic carbocycles. The van der Waals surface area contributed by atoms with Crippen LogP contribution in [0.15, 0.2) is 11.6 Å². The van der Waals surface area contributed by atoms with Crippen LogP contribution in [-0.4, -0.2) is 46.6 Å². The summed E-state index contributed by atoms with van der Waals surface area (Å²) in [6, 6.07) is 0. The van der Waals surface area contributed by atoms with Crippen LogP contribution in [0.25, 0.3) is 0 Å². The Morgan fingerprint density at radius 2 is 1.91 bits per heavy atom. The molecule has 178 valence electrons. The first-order chi connectivity index (χ1) is 15.1. The fourth-order valence-electron chi connectivity index (χ4n) is 8.74. The van der Waals surface area contributed by atoms with Gasteiger partial charge in [0.25, 0.3) is 0 Å². The number of hydrogen-bond acceptors (Lipinski definition) is 6. The average molecular weight is 447 g/mol. The first kappa shape index (κ1) is 22.4. The molecule has 0 spiro atoms. The lowest BCUT2D eigenvalue weighted by molar-refractivity contribution is -0.210. The number of aliphatic hydroxyl groups is 2. The molecule has 5 aliphatic rings. The van der Waals surface area contributed by atoms with Crippen molar-refractivity contribution in [3.63, 3.8) is 0 Å². The molecule has 0 saturated heterocycles. The van der Waals surface area contributed by atoms with Crippen LogP contribution in [0.2, 0.25) is 0 Å². The third kappa shape index (κ3) is 3.12. The Kier molecular flexibility index (Phi) is 5.29. The maximum absolute atomic E-state index is 12.2. The molecule has 0 aromatic heterocycles. The molecule has 4 saturated carbocycles. The zero-order chi connectivity index (χ0) is 22.9. The summed E-state index contributed by atoms with van der Waals surface area (Å²) in [5, 5.41) is 21.8. The van der Waals surface area contributed by atoms with Gasteiger partial charge in [-0.3, -0.25) is 0 Å². The second-order valence-electron chi connectivity index (χ2n) is 11.8. The van der Waals surface area contributed by atoms with Crippen molar-refractivity contribution in [2.75, 3.05) is 6.61 Å². The van der Waals surface area contributed by atoms with E-state index in [9.17, 15) is 19.8 Å². The van der Waals surface area contributed by atoms with Crippen LogP contribution in [0.1, 0.15) is 78.6 Å². The van der Waals surface area contributed by atoms with E-state index in [1.54, 1.807) is 6.08 Å². The average Bonchev–Trinajstić information content (AvgIpc) is 3.28. The van der Waals surface area contributed by atoms with Crippen molar-refractivity contribution >= 4 is 11.9 Å². The summed E-state index contributed by atoms with van der Waals surface area (Å²) in [6.45, 7) is 6.51. The Hall–Kier alpha value is -1.40. The summed E-state index contributed by atoms with van der Waals surface area (Å²) in [7, 11) is 0. The van der Waals surface area contributed by atoms with Crippen LogP contribution in [0.4, 0.5) is 0 Å². The summed E-state index contributed by atoms with van der Waals surface area (Å²) >= 11 is 0. The van der Waals surface area contributed by atoms with E-state index in [-0.39, 0.29) is 34.7 Å². The highest BCUT2D eigenvalue weighted by Gasteiger charge is 2.67. The normalized spacial score (nSPS) is 48.7. The molecule has 6 heteroatoms. The van der Waals surface area contributed by atoms with Gasteiger partial charge >= 0.3 is 11.9 Å². The van der Waals surface area contributed by atoms with E-state index in [1.165, 1.54) is 6.92 Å². The highest BCUT2D eigenvalue weighted by atomic mass is 16.6. The molecule has 1 aliphatic heterocycles. The monoisotopic (exact) mass is 446 g/mol. The standard InChI is InChI=1S/C26H38O6/c1-15(27)23(29)32-18-6-9-24(2)17(13-18)4-5-21-20(24)7-10-25(3)19(8-11-26(21,25)30)16-12-22(28)31-14-16/h12,15,17-21,27,30H,4-11,13-14H2,1-3H3/t15-,17-,18-,19+,20-,21+,24-,25+,26-/m0/s1. The SMILES string of the molecule is C[C@H](O)C(=O)O[C@H]1CC[C@@]2(C)[C@@H](CC[C@@H]3[C@@H]2CC[C@]2(C)[C@@H](C4=CC(=O)OC4)CC[C@]32O)C1. The lowest BCUT2D eigenvalue weighted by Gasteiger charge is -2.63. The van der Waals surface area contributed by atoms with Crippen molar-refractivity contribution in [1.29, 1.82) is 0 Å². The van der Waals surface area contributed by atoms with Crippen molar-refractivity contribution in [2.45, 2.75) is 96.4 Å². The van der Waals surface area contributed by atoms with Gasteiger partial charge in [-0.1, -0.05) is 13.8 Å². The molecular formula is C26H38O6. The van der Waals surface area contributed by atoms with E-state index in [4.69, 9.17) is 9.47 Å². The first-order valence-electron chi connectivity index (χ1n) is 12.6. The van der Waals surface area contributed by atoms with Crippen LogP contribution in [0.3, 0.4) is 0 Å². The lowest BCUT2D eigenvalue weighted by Crippen LogP contribution is -2.62. The number of ether oxygens (including phenoxy) is 2. The smallest absolute Gasteiger partial charge is 0.334 e. The van der Waals surface area contributed by atoms with E-state index < -0.39 is 17.7 Å². The number of carbonyl (C=O) groups excluding carboxylic acids is 2. The zero-order valence-electron chi connectivity index (χ0n) is 19.6. The summed E-state index contributed by atoms with van der Waals surface area (Å²) < 4.78 is 10.8. The topological polar surface area (TPSA) is 93.1 Å². The van der Waals surface area contributed by atoms with Gasteiger partial charge in [-0.25, -0.2) is 9.59 Å². The van der Waals surface area contributed by atoms with Crippen LogP contribution in [0, 0.1) is 34.5 Å². The minimum Gasteiger partial charge on any atom is -0.460 e. The fourth-order valence-corrected chi connectivity index (χ4v) is 8.74. The van der Waals surface area contributed by atoms with E-state index >= 15 is 0 Å². The van der Waals surface area contributed by atoms with Crippen LogP contribution < -0.4 is 0 Å². The first-order valence-corrected chi connectivity index (χ1v) is 12.6. The minimum atomic E-state index is -1.07. The van der Waals surface area contributed by atoms with Crippen molar-refractivity contribution in [3.8, 4) is 0 Å². The summed E-state index contributed by atoms with van der Waals surface area (Å²) in [4.78, 5) is 23.6. The van der Waals surface area contributed by atoms with Gasteiger partial charge in [0.1, 0.15) is 18.8 Å². The maximum atomic E-state index is 12.2. The molecule has 0 radical (unpaired) electrons. The second kappa shape index (κ2) is 7.56. The largest absolute Gasteiger partial charge is 0.460 e. The van der Waals surface area contributed by atoms with Crippen LogP contribution in [-0.2, 0) is 19.1 Å². The maximum Gasteiger partial charge on any atom is 0.334 e. The third-order valence-electron chi connectivity index (χ3n) is 10.6. The van der Waals surface area contributed by atoms with Gasteiger partial charge < -0.3 is 19.7 Å². The molecule has 0 bridgehead atoms. The number of cyclic esters (lactones) is 1. The molecule has 32 heavy (non-hydrogen) atoms. The van der Waals surface area contributed by atoms with E-state index in [2.05, 4.69) is 13.8 Å². The van der Waals surface area contributed by atoms with Crippen molar-refractivity contribution < 1.29 is 29.3 Å². The molecule has 5 rings (SSSR count). The zero-order valence-corrected chi connectivity index (χ0v) is 19.6. The highest BCUT2D eigenvalue weighted by molar-refractivity contribution is 5.85. The molecule has 0 unspecified atom stereocenters. The molecule has 4 fully saturated rings.